The zero-order valence-corrected chi connectivity index (χ0v) is 18.1. The van der Waals surface area contributed by atoms with Crippen LogP contribution in [0.1, 0.15) is 73.1 Å². The molecule has 1 fully saturated rings. The van der Waals surface area contributed by atoms with E-state index in [4.69, 9.17) is 22.8 Å². The number of ether oxygens (including phenoxy) is 2. The highest BCUT2D eigenvalue weighted by Gasteiger charge is 2.45. The maximum Gasteiger partial charge on any atom is 0.501 e. The molecule has 150 valence electrons. The molecule has 0 amide bonds. The molecule has 1 saturated heterocycles. The molecule has 0 bridgehead atoms. The van der Waals surface area contributed by atoms with Crippen LogP contribution in [0, 0.1) is 0 Å². The summed E-state index contributed by atoms with van der Waals surface area (Å²) in [4.78, 5) is 0. The first-order valence-corrected chi connectivity index (χ1v) is 12.2. The third kappa shape index (κ3) is 8.50. The maximum atomic E-state index is 6.67. The van der Waals surface area contributed by atoms with Crippen LogP contribution in [0.15, 0.2) is 0 Å². The monoisotopic (exact) mass is 376 g/mol. The summed E-state index contributed by atoms with van der Waals surface area (Å²) in [6.07, 6.45) is 6.83. The smallest absolute Gasteiger partial charge is 0.379 e. The number of rotatable bonds is 17. The van der Waals surface area contributed by atoms with Gasteiger partial charge < -0.3 is 22.8 Å². The van der Waals surface area contributed by atoms with Gasteiger partial charge in [-0.15, -0.1) is 0 Å². The number of hydrogen-bond acceptors (Lipinski definition) is 5. The van der Waals surface area contributed by atoms with Gasteiger partial charge in [-0.05, 0) is 39.5 Å². The molecule has 0 saturated carbocycles. The molecule has 1 aliphatic rings. The van der Waals surface area contributed by atoms with E-state index < -0.39 is 8.80 Å². The van der Waals surface area contributed by atoms with Gasteiger partial charge in [-0.2, -0.15) is 0 Å². The van der Waals surface area contributed by atoms with Gasteiger partial charge in [0, 0.05) is 25.9 Å². The van der Waals surface area contributed by atoms with E-state index in [-0.39, 0.29) is 5.60 Å². The summed E-state index contributed by atoms with van der Waals surface area (Å²) in [7, 11) is -2.57. The highest BCUT2D eigenvalue weighted by atomic mass is 28.4. The predicted molar refractivity (Wildman–Crippen MR) is 103 cm³/mol. The van der Waals surface area contributed by atoms with Crippen LogP contribution < -0.4 is 0 Å². The van der Waals surface area contributed by atoms with Crippen molar-refractivity contribution in [3.05, 3.63) is 0 Å². The van der Waals surface area contributed by atoms with Crippen molar-refractivity contribution in [2.24, 2.45) is 0 Å². The van der Waals surface area contributed by atoms with Crippen LogP contribution >= 0.6 is 0 Å². The van der Waals surface area contributed by atoms with Gasteiger partial charge in [-0.1, -0.05) is 33.6 Å². The van der Waals surface area contributed by atoms with E-state index in [1.807, 2.05) is 13.8 Å². The minimum atomic E-state index is -2.57. The van der Waals surface area contributed by atoms with Gasteiger partial charge in [0.25, 0.3) is 0 Å². The standard InChI is InChI=1S/C19H40O5Si/c1-6-19(7-2,24-25(10-5,22-8-3)23-9-4)14-12-11-13-15-20-16-18-17-21-18/h18H,6-17H2,1-5H3. The Morgan fingerprint density at radius 3 is 2.08 bits per heavy atom. The van der Waals surface area contributed by atoms with Gasteiger partial charge in [0.15, 0.2) is 0 Å². The van der Waals surface area contributed by atoms with Crippen molar-refractivity contribution in [2.75, 3.05) is 33.0 Å². The molecule has 5 nitrogen and oxygen atoms in total. The van der Waals surface area contributed by atoms with Crippen LogP contribution in [0.5, 0.6) is 0 Å². The predicted octanol–water partition coefficient (Wildman–Crippen LogP) is 4.57. The van der Waals surface area contributed by atoms with Crippen molar-refractivity contribution in [3.8, 4) is 0 Å². The molecule has 0 spiro atoms. The largest absolute Gasteiger partial charge is 0.501 e. The van der Waals surface area contributed by atoms with Crippen molar-refractivity contribution in [3.63, 3.8) is 0 Å². The number of hydrogen-bond donors (Lipinski definition) is 0. The minimum absolute atomic E-state index is 0.130. The molecular formula is C19H40O5Si. The zero-order chi connectivity index (χ0) is 18.6. The van der Waals surface area contributed by atoms with E-state index >= 15 is 0 Å². The Labute approximate surface area is 156 Å². The Bertz CT molecular complexity index is 326. The Morgan fingerprint density at radius 1 is 0.960 bits per heavy atom. The Morgan fingerprint density at radius 2 is 1.60 bits per heavy atom. The molecular weight excluding hydrogens is 336 g/mol. The maximum absolute atomic E-state index is 6.67. The molecule has 0 aromatic heterocycles. The minimum Gasteiger partial charge on any atom is -0.379 e. The molecule has 0 aromatic carbocycles. The topological polar surface area (TPSA) is 49.5 Å². The molecule has 6 heteroatoms. The summed E-state index contributed by atoms with van der Waals surface area (Å²) in [5.74, 6) is 0. The van der Waals surface area contributed by atoms with E-state index in [9.17, 15) is 0 Å². The molecule has 1 heterocycles. The molecule has 1 rings (SSSR count). The lowest BCUT2D eigenvalue weighted by Crippen LogP contribution is -2.52. The van der Waals surface area contributed by atoms with Gasteiger partial charge >= 0.3 is 8.80 Å². The highest BCUT2D eigenvalue weighted by molar-refractivity contribution is 6.60. The lowest BCUT2D eigenvalue weighted by atomic mass is 9.91. The van der Waals surface area contributed by atoms with Crippen molar-refractivity contribution < 1.29 is 22.8 Å². The first kappa shape index (κ1) is 23.1. The zero-order valence-electron chi connectivity index (χ0n) is 17.1. The number of epoxide rings is 1. The van der Waals surface area contributed by atoms with Crippen LogP contribution in [0.2, 0.25) is 6.04 Å². The van der Waals surface area contributed by atoms with E-state index in [0.717, 1.165) is 58.0 Å². The molecule has 0 N–H and O–H groups in total. The summed E-state index contributed by atoms with van der Waals surface area (Å²) in [5.41, 5.74) is -0.130. The van der Waals surface area contributed by atoms with Crippen LogP contribution in [0.3, 0.4) is 0 Å². The lowest BCUT2D eigenvalue weighted by molar-refractivity contribution is -0.0407. The molecule has 0 aromatic rings. The SMILES string of the molecule is CCO[Si](CC)(OCC)OC(CC)(CC)CCCCCOCC1CO1. The van der Waals surface area contributed by atoms with E-state index in [1.165, 1.54) is 6.42 Å². The summed E-state index contributed by atoms with van der Waals surface area (Å²) < 4.78 is 29.5. The average molecular weight is 377 g/mol. The van der Waals surface area contributed by atoms with Crippen molar-refractivity contribution >= 4 is 8.80 Å². The third-order valence-electron chi connectivity index (χ3n) is 4.95. The summed E-state index contributed by atoms with van der Waals surface area (Å²) in [6, 6.07) is 0.827. The quantitative estimate of drug-likeness (QED) is 0.211. The van der Waals surface area contributed by atoms with Crippen molar-refractivity contribution in [1.82, 2.24) is 0 Å². The Balaban J connectivity index is 2.43. The van der Waals surface area contributed by atoms with Gasteiger partial charge in [0.05, 0.1) is 18.8 Å². The highest BCUT2D eigenvalue weighted by Crippen LogP contribution is 2.33. The molecule has 0 radical (unpaired) electrons. The van der Waals surface area contributed by atoms with E-state index in [0.29, 0.717) is 19.3 Å². The molecule has 1 atom stereocenters. The van der Waals surface area contributed by atoms with Gasteiger partial charge in [-0.3, -0.25) is 0 Å². The van der Waals surface area contributed by atoms with Crippen molar-refractivity contribution in [2.45, 2.75) is 90.9 Å². The fourth-order valence-electron chi connectivity index (χ4n) is 3.15. The average Bonchev–Trinajstić information content (AvgIpc) is 3.44. The summed E-state index contributed by atoms with van der Waals surface area (Å²) in [6.45, 7) is 14.3. The first-order valence-electron chi connectivity index (χ1n) is 10.3. The van der Waals surface area contributed by atoms with Crippen molar-refractivity contribution in [1.29, 1.82) is 0 Å². The third-order valence-corrected chi connectivity index (χ3v) is 8.02. The fourth-order valence-corrected chi connectivity index (χ4v) is 5.84. The van der Waals surface area contributed by atoms with Crippen LogP contribution in [-0.2, 0) is 22.8 Å². The van der Waals surface area contributed by atoms with Gasteiger partial charge in [0.1, 0.15) is 6.10 Å². The van der Waals surface area contributed by atoms with Crippen LogP contribution in [0.4, 0.5) is 0 Å². The van der Waals surface area contributed by atoms with Gasteiger partial charge in [0.2, 0.25) is 0 Å². The second-order valence-corrected chi connectivity index (χ2v) is 9.59. The van der Waals surface area contributed by atoms with E-state index in [1.54, 1.807) is 0 Å². The fraction of sp³-hybridized carbons (Fsp3) is 1.00. The molecule has 25 heavy (non-hydrogen) atoms. The lowest BCUT2D eigenvalue weighted by Gasteiger charge is -2.40. The van der Waals surface area contributed by atoms with Gasteiger partial charge in [-0.25, -0.2) is 0 Å². The number of unbranched alkanes of at least 4 members (excludes halogenated alkanes) is 2. The first-order chi connectivity index (χ1) is 12.1. The molecule has 1 unspecified atom stereocenters. The summed E-state index contributed by atoms with van der Waals surface area (Å²) in [5, 5.41) is 0. The Kier molecular flexibility index (Phi) is 11.4. The second-order valence-electron chi connectivity index (χ2n) is 6.74. The second kappa shape index (κ2) is 12.4. The van der Waals surface area contributed by atoms with Crippen LogP contribution in [-0.4, -0.2) is 53.5 Å². The Hall–Kier alpha value is 0.0169. The normalized spacial score (nSPS) is 17.9. The van der Waals surface area contributed by atoms with E-state index in [2.05, 4.69) is 20.8 Å². The molecule has 1 aliphatic heterocycles. The van der Waals surface area contributed by atoms with Crippen LogP contribution in [0.25, 0.3) is 0 Å². The summed E-state index contributed by atoms with van der Waals surface area (Å²) >= 11 is 0. The molecule has 0 aliphatic carbocycles.